The number of aromatic nitrogens is 4. The van der Waals surface area contributed by atoms with Crippen molar-refractivity contribution in [1.82, 2.24) is 30.4 Å². The van der Waals surface area contributed by atoms with Crippen molar-refractivity contribution in [2.24, 2.45) is 17.6 Å². The molecule has 2 fully saturated rings. The molecule has 10 nitrogen and oxygen atoms in total. The fourth-order valence-corrected chi connectivity index (χ4v) is 5.63. The first-order chi connectivity index (χ1) is 18.5. The summed E-state index contributed by atoms with van der Waals surface area (Å²) in [6.45, 7) is 3.94. The fraction of sp³-hybridized carbons (Fsp3) is 0.500. The van der Waals surface area contributed by atoms with Gasteiger partial charge in [0.1, 0.15) is 0 Å². The second kappa shape index (κ2) is 11.7. The van der Waals surface area contributed by atoms with Gasteiger partial charge in [0.15, 0.2) is 17.3 Å². The van der Waals surface area contributed by atoms with Gasteiger partial charge in [-0.25, -0.2) is 9.78 Å². The van der Waals surface area contributed by atoms with E-state index < -0.39 is 5.91 Å². The highest BCUT2D eigenvalue weighted by Gasteiger charge is 2.29. The van der Waals surface area contributed by atoms with Crippen molar-refractivity contribution in [2.75, 3.05) is 18.4 Å². The summed E-state index contributed by atoms with van der Waals surface area (Å²) in [5.74, 6) is 0.879. The molecule has 0 spiro atoms. The Bertz CT molecular complexity index is 1290. The molecule has 3 amide bonds. The number of primary amides is 1. The molecule has 3 atom stereocenters. The molecule has 1 saturated heterocycles. The van der Waals surface area contributed by atoms with Crippen LogP contribution in [0.3, 0.4) is 0 Å². The van der Waals surface area contributed by atoms with Crippen molar-refractivity contribution in [2.45, 2.75) is 64.3 Å². The molecule has 200 valence electrons. The zero-order valence-electron chi connectivity index (χ0n) is 21.9. The molecule has 38 heavy (non-hydrogen) atoms. The third-order valence-corrected chi connectivity index (χ3v) is 7.85. The lowest BCUT2D eigenvalue weighted by Crippen LogP contribution is -2.47. The molecule has 1 aliphatic heterocycles. The van der Waals surface area contributed by atoms with Crippen molar-refractivity contribution in [3.05, 3.63) is 48.0 Å². The first-order valence-electron chi connectivity index (χ1n) is 13.7. The number of pyridine rings is 1. The van der Waals surface area contributed by atoms with Crippen LogP contribution in [0.5, 0.6) is 0 Å². The van der Waals surface area contributed by atoms with Crippen molar-refractivity contribution in [3.63, 3.8) is 0 Å². The van der Waals surface area contributed by atoms with E-state index >= 15 is 0 Å². The molecule has 2 aliphatic rings. The molecule has 2 aromatic heterocycles. The van der Waals surface area contributed by atoms with Crippen LogP contribution in [0, 0.1) is 11.8 Å². The number of rotatable bonds is 6. The van der Waals surface area contributed by atoms with E-state index in [0.717, 1.165) is 68.2 Å². The minimum Gasteiger partial charge on any atom is -0.364 e. The smallest absolute Gasteiger partial charge is 0.317 e. The van der Waals surface area contributed by atoms with Gasteiger partial charge >= 0.3 is 6.03 Å². The van der Waals surface area contributed by atoms with E-state index in [4.69, 9.17) is 5.73 Å². The Morgan fingerprint density at radius 3 is 2.74 bits per heavy atom. The molecule has 3 unspecified atom stereocenters. The van der Waals surface area contributed by atoms with Crippen LogP contribution in [-0.4, -0.2) is 56.1 Å². The van der Waals surface area contributed by atoms with E-state index in [2.05, 4.69) is 37.7 Å². The number of carbonyl (C=O) groups excluding carboxylic acids is 2. The number of urea groups is 1. The number of piperidine rings is 1. The molecule has 4 N–H and O–H groups in total. The number of carbonyl (C=O) groups is 2. The lowest BCUT2D eigenvalue weighted by molar-refractivity contribution is 0.0995. The summed E-state index contributed by atoms with van der Waals surface area (Å²) < 4.78 is 0. The quantitative estimate of drug-likeness (QED) is 0.417. The Kier molecular flexibility index (Phi) is 7.95. The second-order valence-corrected chi connectivity index (χ2v) is 10.6. The molecular weight excluding hydrogens is 480 g/mol. The molecule has 1 saturated carbocycles. The number of nitrogens with two attached hydrogens (primary N) is 1. The van der Waals surface area contributed by atoms with Crippen LogP contribution in [0.25, 0.3) is 10.9 Å². The highest BCUT2D eigenvalue weighted by Crippen LogP contribution is 2.31. The van der Waals surface area contributed by atoms with Gasteiger partial charge in [-0.15, -0.1) is 10.2 Å². The summed E-state index contributed by atoms with van der Waals surface area (Å²) in [6.07, 6.45) is 9.70. The number of benzene rings is 1. The van der Waals surface area contributed by atoms with Gasteiger partial charge in [0, 0.05) is 42.8 Å². The fourth-order valence-electron chi connectivity index (χ4n) is 5.63. The van der Waals surface area contributed by atoms with Gasteiger partial charge in [0.2, 0.25) is 0 Å². The van der Waals surface area contributed by atoms with Crippen molar-refractivity contribution < 1.29 is 9.59 Å². The second-order valence-electron chi connectivity index (χ2n) is 10.6. The largest absolute Gasteiger partial charge is 0.364 e. The Morgan fingerprint density at radius 2 is 1.92 bits per heavy atom. The first-order valence-corrected chi connectivity index (χ1v) is 13.7. The Hall–Kier alpha value is -3.82. The van der Waals surface area contributed by atoms with E-state index in [-0.39, 0.29) is 29.5 Å². The summed E-state index contributed by atoms with van der Waals surface area (Å²) in [4.78, 5) is 36.0. The topological polar surface area (TPSA) is 139 Å². The average molecular weight is 517 g/mol. The highest BCUT2D eigenvalue weighted by atomic mass is 16.2. The predicted molar refractivity (Wildman–Crippen MR) is 146 cm³/mol. The number of fused-ring (bicyclic) bond motifs is 1. The zero-order valence-corrected chi connectivity index (χ0v) is 21.9. The van der Waals surface area contributed by atoms with Crippen molar-refractivity contribution in [1.29, 1.82) is 0 Å². The molecule has 0 bridgehead atoms. The molecule has 3 heterocycles. The SMILES string of the molecule is CC1CCCC(NC(=O)N2CCCCC2)CC1Cc1nnc(C(N)=O)c(Nc2ccc3cccnc3c2)n1. The molecule has 5 rings (SSSR count). The number of nitrogens with zero attached hydrogens (tertiary/aromatic N) is 5. The third-order valence-electron chi connectivity index (χ3n) is 7.85. The molecular formula is C28H36N8O2. The maximum Gasteiger partial charge on any atom is 0.317 e. The van der Waals surface area contributed by atoms with Crippen molar-refractivity contribution >= 4 is 34.3 Å². The van der Waals surface area contributed by atoms with Crippen LogP contribution in [0.15, 0.2) is 36.5 Å². The Morgan fingerprint density at radius 1 is 1.08 bits per heavy atom. The van der Waals surface area contributed by atoms with Crippen LogP contribution >= 0.6 is 0 Å². The molecule has 10 heteroatoms. The molecule has 0 radical (unpaired) electrons. The zero-order chi connectivity index (χ0) is 26.5. The van der Waals surface area contributed by atoms with Crippen LogP contribution in [-0.2, 0) is 6.42 Å². The Labute approximate surface area is 222 Å². The van der Waals surface area contributed by atoms with Gasteiger partial charge in [-0.1, -0.05) is 31.9 Å². The van der Waals surface area contributed by atoms with Gasteiger partial charge in [-0.3, -0.25) is 9.78 Å². The maximum atomic E-state index is 12.9. The highest BCUT2D eigenvalue weighted by molar-refractivity contribution is 5.96. The van der Waals surface area contributed by atoms with E-state index in [1.54, 1.807) is 6.20 Å². The standard InChI is InChI=1S/C28H36N8O2/c1-18-7-5-9-21(32-28(38)36-13-3-2-4-14-36)15-20(18)16-24-33-27(25(26(29)37)35-34-24)31-22-11-10-19-8-6-12-30-23(19)17-22/h6,8,10-12,17-18,20-21H,2-5,7,9,13-16H2,1H3,(H2,29,37)(H,32,38)(H,31,33,34). The van der Waals surface area contributed by atoms with E-state index in [1.807, 2.05) is 35.2 Å². The number of likely N-dealkylation sites (tertiary alicyclic amines) is 1. The van der Waals surface area contributed by atoms with E-state index in [1.165, 1.54) is 6.42 Å². The number of hydrogen-bond donors (Lipinski definition) is 3. The van der Waals surface area contributed by atoms with Gasteiger partial charge in [-0.2, -0.15) is 0 Å². The van der Waals surface area contributed by atoms with Crippen LogP contribution in [0.1, 0.15) is 68.2 Å². The number of nitrogens with one attached hydrogen (secondary N) is 2. The van der Waals surface area contributed by atoms with Gasteiger partial charge in [0.25, 0.3) is 5.91 Å². The summed E-state index contributed by atoms with van der Waals surface area (Å²) in [7, 11) is 0. The minimum atomic E-state index is -0.693. The van der Waals surface area contributed by atoms with Crippen LogP contribution in [0.4, 0.5) is 16.3 Å². The van der Waals surface area contributed by atoms with Crippen molar-refractivity contribution in [3.8, 4) is 0 Å². The lowest BCUT2D eigenvalue weighted by atomic mass is 9.86. The summed E-state index contributed by atoms with van der Waals surface area (Å²) in [6, 6.07) is 9.81. The minimum absolute atomic E-state index is 0.00421. The third kappa shape index (κ3) is 6.17. The predicted octanol–water partition coefficient (Wildman–Crippen LogP) is 4.20. The van der Waals surface area contributed by atoms with Gasteiger partial charge < -0.3 is 21.3 Å². The number of hydrogen-bond acceptors (Lipinski definition) is 7. The normalized spacial score (nSPS) is 22.0. The van der Waals surface area contributed by atoms with Crippen LogP contribution < -0.4 is 16.4 Å². The van der Waals surface area contributed by atoms with Crippen LogP contribution in [0.2, 0.25) is 0 Å². The number of anilines is 2. The summed E-state index contributed by atoms with van der Waals surface area (Å²) in [5.41, 5.74) is 7.13. The van der Waals surface area contributed by atoms with E-state index in [0.29, 0.717) is 18.2 Å². The molecule has 3 aromatic rings. The maximum absolute atomic E-state index is 12.9. The molecule has 1 aliphatic carbocycles. The average Bonchev–Trinajstić information content (AvgIpc) is 3.09. The Balaban J connectivity index is 1.31. The summed E-state index contributed by atoms with van der Waals surface area (Å²) in [5, 5.41) is 15.9. The molecule has 1 aromatic carbocycles. The lowest BCUT2D eigenvalue weighted by Gasteiger charge is -2.30. The number of amides is 3. The first kappa shape index (κ1) is 25.8. The van der Waals surface area contributed by atoms with Gasteiger partial charge in [0.05, 0.1) is 5.52 Å². The van der Waals surface area contributed by atoms with E-state index in [9.17, 15) is 9.59 Å². The monoisotopic (exact) mass is 516 g/mol. The van der Waals surface area contributed by atoms with Gasteiger partial charge in [-0.05, 0) is 62.1 Å². The summed E-state index contributed by atoms with van der Waals surface area (Å²) >= 11 is 0.